The number of nitrogens with one attached hydrogen (secondary N) is 2. The summed E-state index contributed by atoms with van der Waals surface area (Å²) in [5, 5.41) is 11.1. The average molecular weight is 422 g/mol. The van der Waals surface area contributed by atoms with Crippen molar-refractivity contribution in [2.75, 3.05) is 13.1 Å². The maximum absolute atomic E-state index is 12.7. The van der Waals surface area contributed by atoms with Gasteiger partial charge in [-0.3, -0.25) is 14.5 Å². The molecule has 1 aromatic carbocycles. The van der Waals surface area contributed by atoms with E-state index in [-0.39, 0.29) is 23.3 Å². The molecule has 3 aliphatic rings. The van der Waals surface area contributed by atoms with Crippen molar-refractivity contribution < 1.29 is 14.1 Å². The molecule has 1 saturated carbocycles. The molecule has 31 heavy (non-hydrogen) atoms. The van der Waals surface area contributed by atoms with Crippen molar-refractivity contribution in [1.29, 1.82) is 0 Å². The van der Waals surface area contributed by atoms with Gasteiger partial charge in [0.2, 0.25) is 11.8 Å². The van der Waals surface area contributed by atoms with Gasteiger partial charge in [-0.15, -0.1) is 0 Å². The molecule has 0 radical (unpaired) electrons. The summed E-state index contributed by atoms with van der Waals surface area (Å²) in [6, 6.07) is 10.4. The molecule has 3 atom stereocenters. The standard InChI is InChI=1S/C22H26N6O3/c1-14-23-21(31-27-14)22-10-17(24-20(30)18-7-8-19(29)26-25-18)9-16(22)12-28(13-22)11-15-5-3-2-4-6-15/h2-6,16-17H,7-13H2,1H3,(H,24,30)(H,26,29). The van der Waals surface area contributed by atoms with Crippen LogP contribution in [-0.2, 0) is 21.5 Å². The zero-order chi connectivity index (χ0) is 21.4. The number of aromatic nitrogens is 2. The lowest BCUT2D eigenvalue weighted by Crippen LogP contribution is -2.42. The minimum absolute atomic E-state index is 0.00362. The van der Waals surface area contributed by atoms with Gasteiger partial charge in [0, 0.05) is 38.5 Å². The second-order valence-electron chi connectivity index (χ2n) is 8.86. The second-order valence-corrected chi connectivity index (χ2v) is 8.86. The van der Waals surface area contributed by atoms with E-state index in [1.54, 1.807) is 0 Å². The van der Waals surface area contributed by atoms with E-state index in [4.69, 9.17) is 4.52 Å². The first-order valence-corrected chi connectivity index (χ1v) is 10.8. The fourth-order valence-electron chi connectivity index (χ4n) is 5.28. The van der Waals surface area contributed by atoms with Crippen LogP contribution in [-0.4, -0.2) is 51.7 Å². The van der Waals surface area contributed by atoms with Gasteiger partial charge in [0.15, 0.2) is 5.82 Å². The topological polar surface area (TPSA) is 113 Å². The molecule has 2 aromatic rings. The van der Waals surface area contributed by atoms with Gasteiger partial charge in [0.25, 0.3) is 5.91 Å². The van der Waals surface area contributed by atoms with Crippen LogP contribution in [0, 0.1) is 12.8 Å². The highest BCUT2D eigenvalue weighted by molar-refractivity contribution is 6.39. The molecule has 1 aliphatic carbocycles. The van der Waals surface area contributed by atoms with Crippen LogP contribution in [0.1, 0.15) is 43.0 Å². The van der Waals surface area contributed by atoms with Gasteiger partial charge in [-0.1, -0.05) is 35.5 Å². The van der Waals surface area contributed by atoms with Crippen LogP contribution < -0.4 is 10.7 Å². The predicted molar refractivity (Wildman–Crippen MR) is 112 cm³/mol. The summed E-state index contributed by atoms with van der Waals surface area (Å²) in [5.74, 6) is 1.25. The molecule has 1 aromatic heterocycles. The molecule has 2 amide bonds. The Morgan fingerprint density at radius 1 is 1.32 bits per heavy atom. The SMILES string of the molecule is Cc1noc(C23CC(NC(=O)C4=NNC(=O)CC4)CC2CN(Cc2ccccc2)C3)n1. The smallest absolute Gasteiger partial charge is 0.267 e. The van der Waals surface area contributed by atoms with Crippen LogP contribution >= 0.6 is 0 Å². The zero-order valence-corrected chi connectivity index (χ0v) is 17.5. The third-order valence-corrected chi connectivity index (χ3v) is 6.65. The van der Waals surface area contributed by atoms with E-state index < -0.39 is 0 Å². The third-order valence-electron chi connectivity index (χ3n) is 6.65. The lowest BCUT2D eigenvalue weighted by atomic mass is 9.80. The summed E-state index contributed by atoms with van der Waals surface area (Å²) in [5.41, 5.74) is 3.78. The van der Waals surface area contributed by atoms with E-state index in [0.717, 1.165) is 32.5 Å². The minimum atomic E-state index is -0.267. The molecule has 9 heteroatoms. The molecule has 2 N–H and O–H groups in total. The molecule has 162 valence electrons. The lowest BCUT2D eigenvalue weighted by molar-refractivity contribution is -0.121. The van der Waals surface area contributed by atoms with Crippen molar-refractivity contribution in [3.05, 3.63) is 47.6 Å². The molecule has 9 nitrogen and oxygen atoms in total. The largest absolute Gasteiger partial charge is 0.348 e. The molecule has 2 aliphatic heterocycles. The van der Waals surface area contributed by atoms with E-state index in [2.05, 4.69) is 55.2 Å². The Morgan fingerprint density at radius 2 is 2.16 bits per heavy atom. The van der Waals surface area contributed by atoms with E-state index >= 15 is 0 Å². The number of likely N-dealkylation sites (tertiary alicyclic amines) is 1. The number of benzene rings is 1. The number of carbonyl (C=O) groups is 2. The third kappa shape index (κ3) is 3.85. The Labute approximate surface area is 180 Å². The van der Waals surface area contributed by atoms with Crippen LogP contribution in [0.25, 0.3) is 0 Å². The number of hydrogen-bond acceptors (Lipinski definition) is 7. The Balaban J connectivity index is 1.32. The van der Waals surface area contributed by atoms with Gasteiger partial charge in [0.05, 0.1) is 5.41 Å². The van der Waals surface area contributed by atoms with Crippen molar-refractivity contribution in [2.24, 2.45) is 11.0 Å². The Morgan fingerprint density at radius 3 is 2.87 bits per heavy atom. The highest BCUT2D eigenvalue weighted by Crippen LogP contribution is 2.50. The molecular weight excluding hydrogens is 396 g/mol. The van der Waals surface area contributed by atoms with Crippen molar-refractivity contribution in [2.45, 2.75) is 50.6 Å². The van der Waals surface area contributed by atoms with E-state index in [9.17, 15) is 9.59 Å². The molecule has 0 bridgehead atoms. The van der Waals surface area contributed by atoms with Crippen LogP contribution in [0.5, 0.6) is 0 Å². The first-order valence-electron chi connectivity index (χ1n) is 10.8. The number of rotatable bonds is 5. The summed E-state index contributed by atoms with van der Waals surface area (Å²) >= 11 is 0. The molecule has 3 heterocycles. The van der Waals surface area contributed by atoms with Crippen LogP contribution in [0.2, 0.25) is 0 Å². The molecule has 5 rings (SSSR count). The zero-order valence-electron chi connectivity index (χ0n) is 17.5. The Hall–Kier alpha value is -3.07. The maximum Gasteiger partial charge on any atom is 0.267 e. The minimum Gasteiger partial charge on any atom is -0.348 e. The molecule has 1 saturated heterocycles. The van der Waals surface area contributed by atoms with Crippen molar-refractivity contribution >= 4 is 17.5 Å². The molecule has 2 fully saturated rings. The summed E-state index contributed by atoms with van der Waals surface area (Å²) in [6.07, 6.45) is 2.25. The highest BCUT2D eigenvalue weighted by Gasteiger charge is 2.57. The second kappa shape index (κ2) is 7.88. The number of amides is 2. The monoisotopic (exact) mass is 422 g/mol. The lowest BCUT2D eigenvalue weighted by Gasteiger charge is -2.25. The Kier molecular flexibility index (Phi) is 5.05. The fourth-order valence-corrected chi connectivity index (χ4v) is 5.28. The first-order chi connectivity index (χ1) is 15.0. The molecule has 3 unspecified atom stereocenters. The fraction of sp³-hybridized carbons (Fsp3) is 0.500. The summed E-state index contributed by atoms with van der Waals surface area (Å²) < 4.78 is 5.66. The maximum atomic E-state index is 12.7. The molecule has 0 spiro atoms. The van der Waals surface area contributed by atoms with Gasteiger partial charge in [-0.25, -0.2) is 5.43 Å². The highest BCUT2D eigenvalue weighted by atomic mass is 16.5. The summed E-state index contributed by atoms with van der Waals surface area (Å²) in [7, 11) is 0. The van der Waals surface area contributed by atoms with Gasteiger partial charge in [-0.2, -0.15) is 10.1 Å². The number of aryl methyl sites for hydroxylation is 1. The predicted octanol–water partition coefficient (Wildman–Crippen LogP) is 1.29. The van der Waals surface area contributed by atoms with Crippen LogP contribution in [0.15, 0.2) is 40.0 Å². The normalized spacial score (nSPS) is 28.2. The van der Waals surface area contributed by atoms with E-state index in [0.29, 0.717) is 36.2 Å². The average Bonchev–Trinajstić information content (AvgIpc) is 3.42. The van der Waals surface area contributed by atoms with Gasteiger partial charge >= 0.3 is 0 Å². The Bertz CT molecular complexity index is 1020. The van der Waals surface area contributed by atoms with Gasteiger partial charge in [0.1, 0.15) is 5.71 Å². The van der Waals surface area contributed by atoms with Crippen LogP contribution in [0.4, 0.5) is 0 Å². The number of hydrazone groups is 1. The number of carbonyl (C=O) groups excluding carboxylic acids is 2. The van der Waals surface area contributed by atoms with Crippen molar-refractivity contribution in [3.8, 4) is 0 Å². The number of nitrogens with zero attached hydrogens (tertiary/aromatic N) is 4. The first kappa shape index (κ1) is 19.9. The quantitative estimate of drug-likeness (QED) is 0.751. The van der Waals surface area contributed by atoms with Crippen molar-refractivity contribution in [1.82, 2.24) is 25.8 Å². The molecular formula is C22H26N6O3. The van der Waals surface area contributed by atoms with Gasteiger partial charge in [-0.05, 0) is 31.2 Å². The van der Waals surface area contributed by atoms with E-state index in [1.165, 1.54) is 5.56 Å². The van der Waals surface area contributed by atoms with Gasteiger partial charge < -0.3 is 9.84 Å². The number of fused-ring (bicyclic) bond motifs is 1. The van der Waals surface area contributed by atoms with Crippen LogP contribution in [0.3, 0.4) is 0 Å². The summed E-state index contributed by atoms with van der Waals surface area (Å²) in [6.45, 7) is 4.44. The van der Waals surface area contributed by atoms with E-state index in [1.807, 2.05) is 13.0 Å². The summed E-state index contributed by atoms with van der Waals surface area (Å²) in [4.78, 5) is 31.0. The van der Waals surface area contributed by atoms with Crippen molar-refractivity contribution in [3.63, 3.8) is 0 Å². The number of hydrogen-bond donors (Lipinski definition) is 2.